The van der Waals surface area contributed by atoms with Crippen LogP contribution < -0.4 is 10.6 Å². The van der Waals surface area contributed by atoms with Crippen molar-refractivity contribution >= 4 is 34.9 Å². The Bertz CT molecular complexity index is 996. The maximum absolute atomic E-state index is 5.75. The van der Waals surface area contributed by atoms with Gasteiger partial charge in [0, 0.05) is 22.7 Å². The van der Waals surface area contributed by atoms with E-state index in [-0.39, 0.29) is 0 Å². The highest BCUT2D eigenvalue weighted by Gasteiger charge is 2.11. The zero-order chi connectivity index (χ0) is 19.2. The molecule has 0 amide bonds. The van der Waals surface area contributed by atoms with Gasteiger partial charge >= 0.3 is 0 Å². The predicted molar refractivity (Wildman–Crippen MR) is 121 cm³/mol. The van der Waals surface area contributed by atoms with Crippen LogP contribution >= 0.6 is 0 Å². The molecule has 4 aromatic carbocycles. The SMILES string of the molecule is Nc1ccc(C=Cc2ccc(N(c3ccccc3)c3ccccc3)cc2)cc1. The highest BCUT2D eigenvalue weighted by Crippen LogP contribution is 2.34. The zero-order valence-electron chi connectivity index (χ0n) is 15.6. The van der Waals surface area contributed by atoms with Gasteiger partial charge in [-0.15, -0.1) is 0 Å². The van der Waals surface area contributed by atoms with Gasteiger partial charge < -0.3 is 10.6 Å². The highest BCUT2D eigenvalue weighted by atomic mass is 15.1. The molecule has 2 N–H and O–H groups in total. The Balaban J connectivity index is 1.62. The van der Waals surface area contributed by atoms with Crippen molar-refractivity contribution in [2.24, 2.45) is 0 Å². The van der Waals surface area contributed by atoms with E-state index in [2.05, 4.69) is 89.8 Å². The molecule has 0 radical (unpaired) electrons. The average molecular weight is 362 g/mol. The number of hydrogen-bond acceptors (Lipinski definition) is 2. The van der Waals surface area contributed by atoms with E-state index in [1.54, 1.807) is 0 Å². The molecule has 0 aromatic heterocycles. The topological polar surface area (TPSA) is 29.3 Å². The first-order valence-electron chi connectivity index (χ1n) is 9.33. The maximum atomic E-state index is 5.75. The van der Waals surface area contributed by atoms with Gasteiger partial charge in [-0.3, -0.25) is 0 Å². The molecule has 0 spiro atoms. The van der Waals surface area contributed by atoms with Gasteiger partial charge in [0.25, 0.3) is 0 Å². The van der Waals surface area contributed by atoms with Gasteiger partial charge in [-0.25, -0.2) is 0 Å². The Hall–Kier alpha value is -3.78. The molecule has 136 valence electrons. The van der Waals surface area contributed by atoms with Crippen molar-refractivity contribution in [3.05, 3.63) is 120 Å². The van der Waals surface area contributed by atoms with Crippen LogP contribution in [0, 0.1) is 0 Å². The molecule has 4 aromatic rings. The number of anilines is 4. The normalized spacial score (nSPS) is 10.9. The Morgan fingerprint density at radius 2 is 0.857 bits per heavy atom. The lowest BCUT2D eigenvalue weighted by molar-refractivity contribution is 1.28. The molecule has 4 rings (SSSR count). The van der Waals surface area contributed by atoms with Gasteiger partial charge in [0.15, 0.2) is 0 Å². The Kier molecular flexibility index (Phi) is 5.21. The standard InChI is InChI=1S/C26H22N2/c27-23-17-13-21(14-18-23)11-12-22-15-19-26(20-16-22)28(24-7-3-1-4-8-24)25-9-5-2-6-10-25/h1-20H,27H2. The third-order valence-corrected chi connectivity index (χ3v) is 4.58. The number of benzene rings is 4. The van der Waals surface area contributed by atoms with Gasteiger partial charge in [-0.05, 0) is 59.7 Å². The van der Waals surface area contributed by atoms with Crippen LogP contribution in [0.15, 0.2) is 109 Å². The van der Waals surface area contributed by atoms with Crippen molar-refractivity contribution in [1.29, 1.82) is 0 Å². The van der Waals surface area contributed by atoms with Gasteiger partial charge in [-0.2, -0.15) is 0 Å². The molecule has 0 saturated carbocycles. The van der Waals surface area contributed by atoms with Crippen LogP contribution in [0.2, 0.25) is 0 Å². The fraction of sp³-hybridized carbons (Fsp3) is 0. The number of nitrogen functional groups attached to an aromatic ring is 1. The van der Waals surface area contributed by atoms with E-state index in [9.17, 15) is 0 Å². The van der Waals surface area contributed by atoms with Gasteiger partial charge in [0.05, 0.1) is 0 Å². The molecule has 0 heterocycles. The third-order valence-electron chi connectivity index (χ3n) is 4.58. The van der Waals surface area contributed by atoms with Crippen LogP contribution in [0.5, 0.6) is 0 Å². The van der Waals surface area contributed by atoms with E-state index in [1.807, 2.05) is 36.4 Å². The minimum atomic E-state index is 0.781. The Morgan fingerprint density at radius 1 is 0.464 bits per heavy atom. The number of hydrogen-bond donors (Lipinski definition) is 1. The molecule has 28 heavy (non-hydrogen) atoms. The third kappa shape index (κ3) is 4.13. The number of rotatable bonds is 5. The summed E-state index contributed by atoms with van der Waals surface area (Å²) in [4.78, 5) is 2.26. The molecule has 0 aliphatic rings. The van der Waals surface area contributed by atoms with Crippen molar-refractivity contribution in [2.45, 2.75) is 0 Å². The van der Waals surface area contributed by atoms with Gasteiger partial charge in [0.2, 0.25) is 0 Å². The molecule has 0 unspecified atom stereocenters. The van der Waals surface area contributed by atoms with E-state index in [0.29, 0.717) is 0 Å². The lowest BCUT2D eigenvalue weighted by Gasteiger charge is -2.25. The molecule has 2 nitrogen and oxygen atoms in total. The van der Waals surface area contributed by atoms with Crippen LogP contribution in [0.25, 0.3) is 12.2 Å². The minimum Gasteiger partial charge on any atom is -0.399 e. The summed E-state index contributed by atoms with van der Waals surface area (Å²) in [5.74, 6) is 0. The fourth-order valence-corrected chi connectivity index (χ4v) is 3.14. The lowest BCUT2D eigenvalue weighted by Crippen LogP contribution is -2.09. The molecule has 0 aliphatic heterocycles. The van der Waals surface area contributed by atoms with E-state index < -0.39 is 0 Å². The summed E-state index contributed by atoms with van der Waals surface area (Å²) in [5.41, 5.74) is 12.2. The molecular weight excluding hydrogens is 340 g/mol. The van der Waals surface area contributed by atoms with E-state index >= 15 is 0 Å². The van der Waals surface area contributed by atoms with Crippen molar-refractivity contribution in [3.8, 4) is 0 Å². The minimum absolute atomic E-state index is 0.781. The van der Waals surface area contributed by atoms with Crippen LogP contribution in [-0.2, 0) is 0 Å². The second kappa shape index (κ2) is 8.28. The molecular formula is C26H22N2. The number of para-hydroxylation sites is 2. The molecule has 0 atom stereocenters. The van der Waals surface area contributed by atoms with Gasteiger partial charge in [0.1, 0.15) is 0 Å². The molecule has 0 bridgehead atoms. The van der Waals surface area contributed by atoms with Crippen LogP contribution in [0.3, 0.4) is 0 Å². The van der Waals surface area contributed by atoms with E-state index in [4.69, 9.17) is 5.73 Å². The summed E-state index contributed by atoms with van der Waals surface area (Å²) >= 11 is 0. The van der Waals surface area contributed by atoms with Crippen LogP contribution in [0.1, 0.15) is 11.1 Å². The van der Waals surface area contributed by atoms with E-state index in [1.165, 1.54) is 0 Å². The van der Waals surface area contributed by atoms with E-state index in [0.717, 1.165) is 33.9 Å². The fourth-order valence-electron chi connectivity index (χ4n) is 3.14. The largest absolute Gasteiger partial charge is 0.399 e. The summed E-state index contributed by atoms with van der Waals surface area (Å²) in [6.07, 6.45) is 4.21. The highest BCUT2D eigenvalue weighted by molar-refractivity contribution is 5.78. The van der Waals surface area contributed by atoms with Crippen molar-refractivity contribution in [2.75, 3.05) is 10.6 Å². The van der Waals surface area contributed by atoms with Crippen LogP contribution in [0.4, 0.5) is 22.7 Å². The molecule has 2 heteroatoms. The first kappa shape index (κ1) is 17.6. The first-order valence-corrected chi connectivity index (χ1v) is 9.33. The second-order valence-electron chi connectivity index (χ2n) is 6.60. The summed E-state index contributed by atoms with van der Waals surface area (Å²) in [7, 11) is 0. The molecule has 0 aliphatic carbocycles. The quantitative estimate of drug-likeness (QED) is 0.309. The number of nitrogens with zero attached hydrogens (tertiary/aromatic N) is 1. The second-order valence-corrected chi connectivity index (χ2v) is 6.60. The predicted octanol–water partition coefficient (Wildman–Crippen LogP) is 6.91. The maximum Gasteiger partial charge on any atom is 0.0462 e. The number of nitrogens with two attached hydrogens (primary N) is 1. The zero-order valence-corrected chi connectivity index (χ0v) is 15.6. The average Bonchev–Trinajstić information content (AvgIpc) is 2.76. The lowest BCUT2D eigenvalue weighted by atomic mass is 10.1. The van der Waals surface area contributed by atoms with Crippen molar-refractivity contribution < 1.29 is 0 Å². The van der Waals surface area contributed by atoms with Crippen molar-refractivity contribution in [3.63, 3.8) is 0 Å². The van der Waals surface area contributed by atoms with Gasteiger partial charge in [-0.1, -0.05) is 72.8 Å². The summed E-state index contributed by atoms with van der Waals surface area (Å²) in [6.45, 7) is 0. The Labute approximate surface area is 166 Å². The van der Waals surface area contributed by atoms with Crippen molar-refractivity contribution in [1.82, 2.24) is 0 Å². The molecule has 0 saturated heterocycles. The van der Waals surface area contributed by atoms with Crippen LogP contribution in [-0.4, -0.2) is 0 Å². The monoisotopic (exact) mass is 362 g/mol. The summed E-state index contributed by atoms with van der Waals surface area (Å²) < 4.78 is 0. The summed E-state index contributed by atoms with van der Waals surface area (Å²) in [6, 6.07) is 37.3. The smallest absolute Gasteiger partial charge is 0.0462 e. The summed E-state index contributed by atoms with van der Waals surface area (Å²) in [5, 5.41) is 0. The first-order chi connectivity index (χ1) is 13.8. The molecule has 0 fully saturated rings. The Morgan fingerprint density at radius 3 is 1.32 bits per heavy atom.